The fourth-order valence-corrected chi connectivity index (χ4v) is 6.05. The largest absolute Gasteiger partial charge is 0.322 e. The predicted octanol–water partition coefficient (Wildman–Crippen LogP) is 5.05. The normalized spacial score (nSPS) is 17.0. The third-order valence-corrected chi connectivity index (χ3v) is 8.06. The third kappa shape index (κ3) is 7.84. The van der Waals surface area contributed by atoms with Gasteiger partial charge in [-0.25, -0.2) is 0 Å². The van der Waals surface area contributed by atoms with E-state index in [1.54, 1.807) is 4.90 Å². The molecule has 6 nitrogen and oxygen atoms in total. The number of hydrogen-bond donors (Lipinski definition) is 2. The summed E-state index contributed by atoms with van der Waals surface area (Å²) >= 11 is 1.84. The van der Waals surface area contributed by atoms with Crippen LogP contribution in [0.5, 0.6) is 0 Å². The number of thioether (sulfide) groups is 1. The topological polar surface area (TPSA) is 78.5 Å². The Kier molecular flexibility index (Phi) is 11.4. The molecule has 1 aromatic rings. The zero-order valence-electron chi connectivity index (χ0n) is 20.7. The van der Waals surface area contributed by atoms with Crippen LogP contribution in [0.2, 0.25) is 0 Å². The van der Waals surface area contributed by atoms with Crippen LogP contribution in [0.1, 0.15) is 99.9 Å². The van der Waals surface area contributed by atoms with Gasteiger partial charge >= 0.3 is 0 Å². The van der Waals surface area contributed by atoms with Gasteiger partial charge in [0.15, 0.2) is 0 Å². The number of nitrogens with one attached hydrogen (secondary N) is 2. The molecule has 0 bridgehead atoms. The Morgan fingerprint density at radius 3 is 2.68 bits per heavy atom. The summed E-state index contributed by atoms with van der Waals surface area (Å²) in [4.78, 5) is 38.7. The van der Waals surface area contributed by atoms with Crippen molar-refractivity contribution in [2.45, 2.75) is 107 Å². The van der Waals surface area contributed by atoms with Crippen LogP contribution in [0.25, 0.3) is 0 Å². The Balaban J connectivity index is 1.35. The molecular weight excluding hydrogens is 446 g/mol. The van der Waals surface area contributed by atoms with E-state index in [4.69, 9.17) is 0 Å². The van der Waals surface area contributed by atoms with Crippen LogP contribution in [-0.2, 0) is 16.1 Å². The van der Waals surface area contributed by atoms with Crippen LogP contribution in [0.15, 0.2) is 23.1 Å². The number of benzene rings is 1. The lowest BCUT2D eigenvalue weighted by Crippen LogP contribution is -2.46. The molecule has 0 aromatic heterocycles. The van der Waals surface area contributed by atoms with E-state index in [-0.39, 0.29) is 5.91 Å². The van der Waals surface area contributed by atoms with Gasteiger partial charge in [-0.2, -0.15) is 0 Å². The van der Waals surface area contributed by atoms with Gasteiger partial charge in [0, 0.05) is 23.0 Å². The van der Waals surface area contributed by atoms with Crippen molar-refractivity contribution in [3.05, 3.63) is 29.3 Å². The molecule has 1 heterocycles. The second kappa shape index (κ2) is 14.5. The first kappa shape index (κ1) is 26.7. The lowest BCUT2D eigenvalue weighted by atomic mass is 9.95. The van der Waals surface area contributed by atoms with Gasteiger partial charge in [-0.3, -0.25) is 19.7 Å². The summed E-state index contributed by atoms with van der Waals surface area (Å²) in [6.45, 7) is 3.56. The van der Waals surface area contributed by atoms with E-state index >= 15 is 0 Å². The van der Waals surface area contributed by atoms with Crippen LogP contribution in [0, 0.1) is 0 Å². The Labute approximate surface area is 209 Å². The van der Waals surface area contributed by atoms with Gasteiger partial charge in [0.05, 0.1) is 0 Å². The molecule has 2 N–H and O–H groups in total. The summed E-state index contributed by atoms with van der Waals surface area (Å²) in [6.07, 6.45) is 15.0. The average molecular weight is 488 g/mol. The number of fused-ring (bicyclic) bond motifs is 1. The Bertz CT molecular complexity index is 810. The molecule has 3 amide bonds. The zero-order chi connectivity index (χ0) is 24.2. The summed E-state index contributed by atoms with van der Waals surface area (Å²) in [5.74, 6) is 0.554. The van der Waals surface area contributed by atoms with Gasteiger partial charge in [-0.05, 0) is 68.2 Å². The predicted molar refractivity (Wildman–Crippen MR) is 138 cm³/mol. The Morgan fingerprint density at radius 1 is 1.15 bits per heavy atom. The first-order chi connectivity index (χ1) is 16.6. The van der Waals surface area contributed by atoms with Crippen molar-refractivity contribution in [1.82, 2.24) is 15.5 Å². The maximum Gasteiger partial charge on any atom is 0.255 e. The highest BCUT2D eigenvalue weighted by molar-refractivity contribution is 7.99. The van der Waals surface area contributed by atoms with E-state index in [2.05, 4.69) is 16.7 Å². The summed E-state index contributed by atoms with van der Waals surface area (Å²) in [5.41, 5.74) is 1.65. The minimum atomic E-state index is -0.607. The van der Waals surface area contributed by atoms with Crippen molar-refractivity contribution in [3.63, 3.8) is 0 Å². The summed E-state index contributed by atoms with van der Waals surface area (Å²) < 4.78 is 0. The molecule has 1 aromatic carbocycles. The Hall–Kier alpha value is -1.86. The highest BCUT2D eigenvalue weighted by atomic mass is 32.2. The number of carbonyl (C=O) groups is 3. The van der Waals surface area contributed by atoms with Crippen molar-refractivity contribution >= 4 is 30.0 Å². The van der Waals surface area contributed by atoms with Crippen molar-refractivity contribution < 1.29 is 14.4 Å². The van der Waals surface area contributed by atoms with E-state index in [0.717, 1.165) is 23.8 Å². The summed E-state index contributed by atoms with van der Waals surface area (Å²) in [7, 11) is 0. The molecule has 1 aliphatic carbocycles. The SMILES string of the molecule is CCCC(C(=O)NC=O)N1Cc2cc(SCCCCCCCNC3CCCCC3)ccc2C1=O. The minimum absolute atomic E-state index is 0.121. The molecule has 1 fully saturated rings. The van der Waals surface area contributed by atoms with E-state index in [1.807, 2.05) is 30.8 Å². The number of unbranched alkanes of at least 4 members (excludes halogenated alkanes) is 4. The van der Waals surface area contributed by atoms with Crippen LogP contribution in [-0.4, -0.2) is 47.5 Å². The van der Waals surface area contributed by atoms with E-state index in [1.165, 1.54) is 75.6 Å². The van der Waals surface area contributed by atoms with Gasteiger partial charge in [-0.1, -0.05) is 51.9 Å². The number of carbonyl (C=O) groups excluding carboxylic acids is 3. The molecule has 2 aliphatic rings. The van der Waals surface area contributed by atoms with Crippen molar-refractivity contribution in [2.24, 2.45) is 0 Å². The van der Waals surface area contributed by atoms with Crippen LogP contribution >= 0.6 is 11.8 Å². The van der Waals surface area contributed by atoms with E-state index in [9.17, 15) is 14.4 Å². The van der Waals surface area contributed by atoms with Crippen molar-refractivity contribution in [1.29, 1.82) is 0 Å². The molecule has 0 spiro atoms. The van der Waals surface area contributed by atoms with Gasteiger partial charge in [0.2, 0.25) is 12.3 Å². The van der Waals surface area contributed by atoms with Gasteiger partial charge in [0.1, 0.15) is 6.04 Å². The van der Waals surface area contributed by atoms with Crippen LogP contribution in [0.4, 0.5) is 0 Å². The molecule has 0 saturated heterocycles. The maximum absolute atomic E-state index is 12.9. The first-order valence-electron chi connectivity index (χ1n) is 13.2. The van der Waals surface area contributed by atoms with Gasteiger partial charge in [-0.15, -0.1) is 11.8 Å². The van der Waals surface area contributed by atoms with E-state index < -0.39 is 11.9 Å². The minimum Gasteiger partial charge on any atom is -0.322 e. The smallest absolute Gasteiger partial charge is 0.255 e. The molecule has 1 saturated carbocycles. The quantitative estimate of drug-likeness (QED) is 0.206. The monoisotopic (exact) mass is 487 g/mol. The number of nitrogens with zero attached hydrogens (tertiary/aromatic N) is 1. The van der Waals surface area contributed by atoms with Crippen molar-refractivity contribution in [3.8, 4) is 0 Å². The standard InChI is InChI=1S/C27H41N3O3S/c1-2-11-25(26(32)29-20-31)30-19-21-18-23(14-15-24(21)27(30)33)34-17-10-5-3-4-9-16-28-22-12-7-6-8-13-22/h14-15,18,20,22,25,28H,2-13,16-17,19H2,1H3,(H,29,31,32). The highest BCUT2D eigenvalue weighted by Crippen LogP contribution is 2.30. The number of amides is 3. The number of rotatable bonds is 15. The fourth-order valence-electron chi connectivity index (χ4n) is 5.08. The molecule has 3 rings (SSSR count). The molecular formula is C27H41N3O3S. The van der Waals surface area contributed by atoms with Crippen molar-refractivity contribution in [2.75, 3.05) is 12.3 Å². The van der Waals surface area contributed by atoms with Gasteiger partial charge < -0.3 is 10.2 Å². The molecule has 188 valence electrons. The lowest BCUT2D eigenvalue weighted by molar-refractivity contribution is -0.129. The maximum atomic E-state index is 12.9. The fraction of sp³-hybridized carbons (Fsp3) is 0.667. The second-order valence-electron chi connectivity index (χ2n) is 9.59. The third-order valence-electron chi connectivity index (χ3n) is 6.98. The second-order valence-corrected chi connectivity index (χ2v) is 10.8. The number of hydrogen-bond acceptors (Lipinski definition) is 5. The average Bonchev–Trinajstić information content (AvgIpc) is 3.17. The van der Waals surface area contributed by atoms with Crippen LogP contribution < -0.4 is 10.6 Å². The molecule has 1 unspecified atom stereocenters. The summed E-state index contributed by atoms with van der Waals surface area (Å²) in [5, 5.41) is 5.94. The number of imide groups is 1. The molecule has 0 radical (unpaired) electrons. The lowest BCUT2D eigenvalue weighted by Gasteiger charge is -2.25. The molecule has 7 heteroatoms. The Morgan fingerprint density at radius 2 is 1.91 bits per heavy atom. The summed E-state index contributed by atoms with van der Waals surface area (Å²) in [6, 6.07) is 6.16. The van der Waals surface area contributed by atoms with Gasteiger partial charge in [0.25, 0.3) is 5.91 Å². The zero-order valence-corrected chi connectivity index (χ0v) is 21.5. The molecule has 34 heavy (non-hydrogen) atoms. The van der Waals surface area contributed by atoms with Crippen LogP contribution in [0.3, 0.4) is 0 Å². The molecule has 1 aliphatic heterocycles. The molecule has 1 atom stereocenters. The van der Waals surface area contributed by atoms with E-state index in [0.29, 0.717) is 24.9 Å². The highest BCUT2D eigenvalue weighted by Gasteiger charge is 2.35. The first-order valence-corrected chi connectivity index (χ1v) is 14.2.